The molecule has 3 fully saturated rings. The number of piperidine rings is 1. The summed E-state index contributed by atoms with van der Waals surface area (Å²) in [5, 5.41) is 11.1. The molecule has 2 aromatic heterocycles. The minimum absolute atomic E-state index is 0.0340. The highest BCUT2D eigenvalue weighted by molar-refractivity contribution is 6.30. The predicted octanol–water partition coefficient (Wildman–Crippen LogP) is 2.74. The number of fused-ring (bicyclic) bond motifs is 1. The lowest BCUT2D eigenvalue weighted by atomic mass is 9.72. The molecule has 9 nitrogen and oxygen atoms in total. The minimum Gasteiger partial charge on any atom is -0.381 e. The number of nitrogens with one attached hydrogen (secondary N) is 2. The van der Waals surface area contributed by atoms with E-state index in [0.29, 0.717) is 23.8 Å². The molecule has 3 atom stereocenters. The summed E-state index contributed by atoms with van der Waals surface area (Å²) >= 11 is 6.04. The molecule has 0 aromatic carbocycles. The third kappa shape index (κ3) is 5.57. The largest absolute Gasteiger partial charge is 0.381 e. The Morgan fingerprint density at radius 1 is 1.16 bits per heavy atom. The molecule has 2 aliphatic heterocycles. The number of carbonyl (C=O) groups is 1. The van der Waals surface area contributed by atoms with Gasteiger partial charge >= 0.3 is 0 Å². The third-order valence-corrected chi connectivity index (χ3v) is 8.80. The van der Waals surface area contributed by atoms with Crippen molar-refractivity contribution in [2.45, 2.75) is 69.1 Å². The molecule has 37 heavy (non-hydrogen) atoms. The van der Waals surface area contributed by atoms with Gasteiger partial charge in [-0.2, -0.15) is 0 Å². The molecule has 3 unspecified atom stereocenters. The summed E-state index contributed by atoms with van der Waals surface area (Å²) in [6.07, 6.45) is 11.8. The van der Waals surface area contributed by atoms with Crippen LogP contribution in [0.25, 0.3) is 5.65 Å². The minimum atomic E-state index is -1.44. The topological polar surface area (TPSA) is 104 Å². The Labute approximate surface area is 223 Å². The van der Waals surface area contributed by atoms with Gasteiger partial charge in [0.1, 0.15) is 11.2 Å². The van der Waals surface area contributed by atoms with Gasteiger partial charge in [0.2, 0.25) is 0 Å². The Balaban J connectivity index is 1.45. The average molecular weight is 535 g/mol. The maximum absolute atomic E-state index is 17.5. The highest BCUT2D eigenvalue weighted by Gasteiger charge is 2.54. The van der Waals surface area contributed by atoms with Crippen molar-refractivity contribution >= 4 is 29.0 Å². The molecule has 1 aliphatic carbocycles. The van der Waals surface area contributed by atoms with Crippen LogP contribution in [-0.2, 0) is 0 Å². The Bertz CT molecular complexity index is 1080. The molecule has 204 valence electrons. The number of piperazine rings is 1. The second-order valence-electron chi connectivity index (χ2n) is 11.1. The van der Waals surface area contributed by atoms with Gasteiger partial charge < -0.3 is 21.3 Å². The van der Waals surface area contributed by atoms with Crippen molar-refractivity contribution in [2.75, 3.05) is 52.0 Å². The van der Waals surface area contributed by atoms with Gasteiger partial charge in [-0.15, -0.1) is 5.10 Å². The van der Waals surface area contributed by atoms with Gasteiger partial charge in [0.05, 0.1) is 23.3 Å². The number of rotatable bonds is 4. The summed E-state index contributed by atoms with van der Waals surface area (Å²) < 4.78 is 18.9. The van der Waals surface area contributed by atoms with E-state index in [1.807, 2.05) is 0 Å². The SMILES string of the molecule is CN1CCN(C2C(NC(=O)c3c(N)nn4cc(Cl)cnc34)CNCC2(F)C2CCCCCCCC2)CC1. The molecule has 4 heterocycles. The number of nitrogens with two attached hydrogens (primary N) is 1. The van der Waals surface area contributed by atoms with Crippen LogP contribution < -0.4 is 16.4 Å². The number of hydrogen-bond acceptors (Lipinski definition) is 7. The number of nitrogens with zero attached hydrogens (tertiary/aromatic N) is 5. The second kappa shape index (κ2) is 11.4. The first-order chi connectivity index (χ1) is 17.9. The lowest BCUT2D eigenvalue weighted by molar-refractivity contribution is -0.0697. The van der Waals surface area contributed by atoms with E-state index in [4.69, 9.17) is 17.3 Å². The molecule has 1 amide bonds. The van der Waals surface area contributed by atoms with Crippen LogP contribution in [0.1, 0.15) is 61.7 Å². The van der Waals surface area contributed by atoms with Crippen LogP contribution >= 0.6 is 11.6 Å². The average Bonchev–Trinajstić information content (AvgIpc) is 3.26. The summed E-state index contributed by atoms with van der Waals surface area (Å²) in [4.78, 5) is 22.5. The Hall–Kier alpha value is -2.01. The predicted molar refractivity (Wildman–Crippen MR) is 144 cm³/mol. The zero-order chi connectivity index (χ0) is 26.0. The number of halogens is 2. The van der Waals surface area contributed by atoms with Gasteiger partial charge in [0.25, 0.3) is 5.91 Å². The van der Waals surface area contributed by atoms with E-state index in [0.717, 1.165) is 51.9 Å². The lowest BCUT2D eigenvalue weighted by Gasteiger charge is -2.53. The summed E-state index contributed by atoms with van der Waals surface area (Å²) in [6.45, 7) is 4.16. The number of nitrogen functional groups attached to an aromatic ring is 1. The molecule has 2 saturated heterocycles. The monoisotopic (exact) mass is 534 g/mol. The van der Waals surface area contributed by atoms with Crippen LogP contribution in [0.2, 0.25) is 5.02 Å². The zero-order valence-corrected chi connectivity index (χ0v) is 22.5. The van der Waals surface area contributed by atoms with Crippen molar-refractivity contribution in [3.8, 4) is 0 Å². The fourth-order valence-corrected chi connectivity index (χ4v) is 6.79. The first-order valence-corrected chi connectivity index (χ1v) is 14.2. The van der Waals surface area contributed by atoms with E-state index >= 15 is 4.39 Å². The molecule has 1 saturated carbocycles. The highest BCUT2D eigenvalue weighted by atomic mass is 35.5. The van der Waals surface area contributed by atoms with Crippen LogP contribution in [0.5, 0.6) is 0 Å². The van der Waals surface area contributed by atoms with Crippen molar-refractivity contribution in [3.05, 3.63) is 23.0 Å². The maximum Gasteiger partial charge on any atom is 0.259 e. The first kappa shape index (κ1) is 26.6. The van der Waals surface area contributed by atoms with E-state index in [9.17, 15) is 4.79 Å². The molecule has 5 rings (SSSR count). The number of alkyl halides is 1. The fourth-order valence-electron chi connectivity index (χ4n) is 6.64. The number of aromatic nitrogens is 3. The van der Waals surface area contributed by atoms with Crippen LogP contribution in [0, 0.1) is 5.92 Å². The van der Waals surface area contributed by atoms with E-state index in [1.165, 1.54) is 36.4 Å². The van der Waals surface area contributed by atoms with Crippen molar-refractivity contribution in [1.29, 1.82) is 0 Å². The van der Waals surface area contributed by atoms with Gasteiger partial charge in [-0.1, -0.05) is 50.1 Å². The lowest BCUT2D eigenvalue weighted by Crippen LogP contribution is -2.73. The molecule has 3 aliphatic rings. The van der Waals surface area contributed by atoms with Gasteiger partial charge in [-0.3, -0.25) is 9.69 Å². The van der Waals surface area contributed by atoms with Gasteiger partial charge in [-0.05, 0) is 25.8 Å². The number of amides is 1. The molecule has 0 radical (unpaired) electrons. The smallest absolute Gasteiger partial charge is 0.259 e. The van der Waals surface area contributed by atoms with Gasteiger partial charge in [-0.25, -0.2) is 13.9 Å². The van der Waals surface area contributed by atoms with E-state index in [1.54, 1.807) is 6.20 Å². The van der Waals surface area contributed by atoms with Crippen LogP contribution in [0.15, 0.2) is 12.4 Å². The molecule has 0 bridgehead atoms. The van der Waals surface area contributed by atoms with Crippen molar-refractivity contribution in [2.24, 2.45) is 5.92 Å². The quantitative estimate of drug-likeness (QED) is 0.554. The Morgan fingerprint density at radius 2 is 1.84 bits per heavy atom. The third-order valence-electron chi connectivity index (χ3n) is 8.61. The molecular weight excluding hydrogens is 495 g/mol. The number of anilines is 1. The van der Waals surface area contributed by atoms with E-state index in [2.05, 4.69) is 37.6 Å². The second-order valence-corrected chi connectivity index (χ2v) is 11.6. The summed E-state index contributed by atoms with van der Waals surface area (Å²) in [6, 6.07) is -0.827. The first-order valence-electron chi connectivity index (χ1n) is 13.8. The summed E-state index contributed by atoms with van der Waals surface area (Å²) in [7, 11) is 2.10. The number of carbonyl (C=O) groups excluding carboxylic acids is 1. The van der Waals surface area contributed by atoms with Crippen molar-refractivity contribution in [3.63, 3.8) is 0 Å². The maximum atomic E-state index is 17.5. The number of likely N-dealkylation sites (N-methyl/N-ethyl adjacent to an activating group) is 1. The van der Waals surface area contributed by atoms with Crippen LogP contribution in [0.4, 0.5) is 10.2 Å². The van der Waals surface area contributed by atoms with E-state index in [-0.39, 0.29) is 23.2 Å². The molecule has 4 N–H and O–H groups in total. The molecular formula is C26H40ClFN8O. The number of hydrogen-bond donors (Lipinski definition) is 3. The summed E-state index contributed by atoms with van der Waals surface area (Å²) in [5.41, 5.74) is 5.24. The van der Waals surface area contributed by atoms with Gasteiger partial charge in [0, 0.05) is 45.5 Å². The van der Waals surface area contributed by atoms with Crippen LogP contribution in [-0.4, -0.2) is 94.4 Å². The molecule has 0 spiro atoms. The molecule has 11 heteroatoms. The summed E-state index contributed by atoms with van der Waals surface area (Å²) in [5.74, 6) is -0.338. The Kier molecular flexibility index (Phi) is 8.19. The van der Waals surface area contributed by atoms with Gasteiger partial charge in [0.15, 0.2) is 11.5 Å². The van der Waals surface area contributed by atoms with E-state index < -0.39 is 17.8 Å². The standard InChI is InChI=1S/C26H40ClFN8O/c1-34-10-12-35(13-11-34)22-20(15-30-17-26(22,28)18-8-6-4-2-3-5-7-9-18)32-25(37)21-23(29)33-36-16-19(27)14-31-24(21)36/h14,16,18,20,22,30H,2-13,15,17H2,1H3,(H2,29,33)(H,32,37). The van der Waals surface area contributed by atoms with Crippen LogP contribution in [0.3, 0.4) is 0 Å². The Morgan fingerprint density at radius 3 is 2.54 bits per heavy atom. The normalized spacial score (nSPS) is 29.5. The fraction of sp³-hybridized carbons (Fsp3) is 0.731. The zero-order valence-electron chi connectivity index (χ0n) is 21.8. The molecule has 2 aromatic rings. The highest BCUT2D eigenvalue weighted by Crippen LogP contribution is 2.40. The van der Waals surface area contributed by atoms with Crippen molar-refractivity contribution < 1.29 is 9.18 Å². The van der Waals surface area contributed by atoms with Crippen molar-refractivity contribution in [1.82, 2.24) is 35.0 Å².